The number of ether oxygens (including phenoxy) is 1. The van der Waals surface area contributed by atoms with E-state index in [0.717, 1.165) is 11.1 Å². The van der Waals surface area contributed by atoms with Crippen LogP contribution >= 0.6 is 0 Å². The van der Waals surface area contributed by atoms with E-state index in [9.17, 15) is 9.59 Å². The quantitative estimate of drug-likeness (QED) is 0.803. The highest BCUT2D eigenvalue weighted by Gasteiger charge is 2.07. The van der Waals surface area contributed by atoms with E-state index < -0.39 is 0 Å². The van der Waals surface area contributed by atoms with E-state index in [-0.39, 0.29) is 17.8 Å². The first kappa shape index (κ1) is 18.1. The van der Waals surface area contributed by atoms with E-state index in [4.69, 9.17) is 10.5 Å². The van der Waals surface area contributed by atoms with Gasteiger partial charge >= 0.3 is 5.97 Å². The van der Waals surface area contributed by atoms with Crippen molar-refractivity contribution in [2.75, 3.05) is 0 Å². The van der Waals surface area contributed by atoms with Crippen molar-refractivity contribution in [2.24, 2.45) is 17.4 Å². The van der Waals surface area contributed by atoms with Gasteiger partial charge in [0.05, 0.1) is 5.92 Å². The van der Waals surface area contributed by atoms with Crippen LogP contribution in [0.25, 0.3) is 0 Å². The molecule has 0 bridgehead atoms. The second-order valence-electron chi connectivity index (χ2n) is 4.60. The van der Waals surface area contributed by atoms with Crippen molar-refractivity contribution in [1.29, 1.82) is 0 Å². The molecule has 112 valence electrons. The molecule has 0 atom stereocenters. The van der Waals surface area contributed by atoms with Crippen LogP contribution in [0.5, 0.6) is 0 Å². The molecule has 5 nitrogen and oxygen atoms in total. The molecule has 0 saturated carbocycles. The second-order valence-corrected chi connectivity index (χ2v) is 4.60. The molecular weight excluding hydrogens is 256 g/mol. The smallest absolute Gasteiger partial charge is 0.308 e. The highest BCUT2D eigenvalue weighted by Crippen LogP contribution is 2.06. The number of benzene rings is 1. The molecule has 0 aromatic heterocycles. The highest BCUT2D eigenvalue weighted by atomic mass is 16.5. The van der Waals surface area contributed by atoms with Gasteiger partial charge < -0.3 is 16.2 Å². The molecule has 0 aliphatic rings. The Kier molecular flexibility index (Phi) is 9.04. The molecule has 1 aromatic carbocycles. The molecule has 0 heterocycles. The summed E-state index contributed by atoms with van der Waals surface area (Å²) >= 11 is 0. The van der Waals surface area contributed by atoms with E-state index >= 15 is 0 Å². The summed E-state index contributed by atoms with van der Waals surface area (Å²) in [4.78, 5) is 20.8. The fraction of sp³-hybridized carbons (Fsp3) is 0.467. The largest absolute Gasteiger partial charge is 0.461 e. The van der Waals surface area contributed by atoms with Crippen LogP contribution in [0.4, 0.5) is 0 Å². The number of nitrogens with two attached hydrogens (primary N) is 2. The summed E-state index contributed by atoms with van der Waals surface area (Å²) in [5.74, 6) is -0.490. The molecule has 0 radical (unpaired) electrons. The molecule has 4 N–H and O–H groups in total. The standard InChI is InChI=1S/C12H17NO2.C3H7NO/c1-9(2)12(14)15-8-11-5-3-10(7-13)4-6-11;1-2-3(4)5/h3-6,9H,7-8,13H2,1-2H3;2H2,1H3,(H2,4,5). The van der Waals surface area contributed by atoms with Gasteiger partial charge in [-0.25, -0.2) is 0 Å². The number of rotatable bonds is 5. The van der Waals surface area contributed by atoms with Gasteiger partial charge in [-0.05, 0) is 11.1 Å². The first-order chi connectivity index (χ1) is 9.40. The van der Waals surface area contributed by atoms with Crippen LogP contribution in [0.2, 0.25) is 0 Å². The van der Waals surface area contributed by atoms with E-state index in [1.807, 2.05) is 38.1 Å². The molecule has 1 amide bonds. The van der Waals surface area contributed by atoms with Crippen LogP contribution < -0.4 is 11.5 Å². The maximum absolute atomic E-state index is 11.2. The zero-order chi connectivity index (χ0) is 15.5. The Labute approximate surface area is 120 Å². The van der Waals surface area contributed by atoms with Gasteiger partial charge in [-0.3, -0.25) is 9.59 Å². The van der Waals surface area contributed by atoms with Gasteiger partial charge in [0.1, 0.15) is 6.61 Å². The Hall–Kier alpha value is -1.88. The minimum absolute atomic E-state index is 0.0756. The van der Waals surface area contributed by atoms with Gasteiger partial charge in [-0.2, -0.15) is 0 Å². The Morgan fingerprint density at radius 2 is 1.60 bits per heavy atom. The van der Waals surface area contributed by atoms with Crippen molar-refractivity contribution < 1.29 is 14.3 Å². The maximum atomic E-state index is 11.2. The molecule has 1 aromatic rings. The van der Waals surface area contributed by atoms with Gasteiger partial charge in [0.2, 0.25) is 5.91 Å². The lowest BCUT2D eigenvalue weighted by molar-refractivity contribution is -0.148. The fourth-order valence-electron chi connectivity index (χ4n) is 1.09. The molecule has 0 aliphatic heterocycles. The number of amides is 1. The van der Waals surface area contributed by atoms with Crippen molar-refractivity contribution in [1.82, 2.24) is 0 Å². The lowest BCUT2D eigenvalue weighted by atomic mass is 10.1. The molecule has 0 spiro atoms. The summed E-state index contributed by atoms with van der Waals surface area (Å²) in [6.45, 7) is 6.23. The predicted octanol–water partition coefficient (Wildman–Crippen LogP) is 1.73. The van der Waals surface area contributed by atoms with Crippen LogP contribution in [0.15, 0.2) is 24.3 Å². The summed E-state index contributed by atoms with van der Waals surface area (Å²) in [6, 6.07) is 7.74. The molecule has 0 aliphatic carbocycles. The van der Waals surface area contributed by atoms with E-state index in [0.29, 0.717) is 19.6 Å². The Morgan fingerprint density at radius 1 is 1.15 bits per heavy atom. The van der Waals surface area contributed by atoms with Gasteiger partial charge in [0, 0.05) is 13.0 Å². The lowest BCUT2D eigenvalue weighted by Crippen LogP contribution is -2.11. The third-order valence-corrected chi connectivity index (χ3v) is 2.46. The van der Waals surface area contributed by atoms with Gasteiger partial charge in [-0.1, -0.05) is 45.0 Å². The molecule has 20 heavy (non-hydrogen) atoms. The van der Waals surface area contributed by atoms with Crippen LogP contribution in [0, 0.1) is 5.92 Å². The van der Waals surface area contributed by atoms with Crippen LogP contribution in [-0.2, 0) is 27.5 Å². The topological polar surface area (TPSA) is 95.4 Å². The minimum Gasteiger partial charge on any atom is -0.461 e. The van der Waals surface area contributed by atoms with Crippen molar-refractivity contribution >= 4 is 11.9 Å². The fourth-order valence-corrected chi connectivity index (χ4v) is 1.09. The predicted molar refractivity (Wildman–Crippen MR) is 78.5 cm³/mol. The summed E-state index contributed by atoms with van der Waals surface area (Å²) in [6.07, 6.45) is 0.444. The second kappa shape index (κ2) is 9.97. The van der Waals surface area contributed by atoms with Crippen molar-refractivity contribution in [3.63, 3.8) is 0 Å². The first-order valence-electron chi connectivity index (χ1n) is 6.63. The molecule has 0 fully saturated rings. The molecule has 5 heteroatoms. The SMILES string of the molecule is CC(C)C(=O)OCc1ccc(CN)cc1.CCC(N)=O. The third kappa shape index (κ3) is 8.26. The summed E-state index contributed by atoms with van der Waals surface area (Å²) in [5.41, 5.74) is 12.2. The summed E-state index contributed by atoms with van der Waals surface area (Å²) in [7, 11) is 0. The lowest BCUT2D eigenvalue weighted by Gasteiger charge is -2.07. The van der Waals surface area contributed by atoms with Crippen molar-refractivity contribution in [2.45, 2.75) is 40.3 Å². The Balaban J connectivity index is 0.000000621. The van der Waals surface area contributed by atoms with Gasteiger partial charge in [-0.15, -0.1) is 0 Å². The summed E-state index contributed by atoms with van der Waals surface area (Å²) in [5, 5.41) is 0. The number of esters is 1. The number of hydrogen-bond acceptors (Lipinski definition) is 4. The number of carbonyl (C=O) groups is 2. The van der Waals surface area contributed by atoms with Crippen LogP contribution in [0.3, 0.4) is 0 Å². The molecular formula is C15H24N2O3. The zero-order valence-corrected chi connectivity index (χ0v) is 12.4. The van der Waals surface area contributed by atoms with E-state index in [2.05, 4.69) is 5.73 Å². The van der Waals surface area contributed by atoms with Crippen LogP contribution in [-0.4, -0.2) is 11.9 Å². The summed E-state index contributed by atoms with van der Waals surface area (Å²) < 4.78 is 5.09. The maximum Gasteiger partial charge on any atom is 0.308 e. The monoisotopic (exact) mass is 280 g/mol. The highest BCUT2D eigenvalue weighted by molar-refractivity contribution is 5.73. The average molecular weight is 280 g/mol. The van der Waals surface area contributed by atoms with Gasteiger partial charge in [0.15, 0.2) is 0 Å². The minimum atomic E-state index is -0.245. The first-order valence-corrected chi connectivity index (χ1v) is 6.63. The Bertz CT molecular complexity index is 414. The zero-order valence-electron chi connectivity index (χ0n) is 12.4. The number of hydrogen-bond donors (Lipinski definition) is 2. The third-order valence-electron chi connectivity index (χ3n) is 2.46. The van der Waals surface area contributed by atoms with Crippen molar-refractivity contribution in [3.05, 3.63) is 35.4 Å². The van der Waals surface area contributed by atoms with Crippen LogP contribution in [0.1, 0.15) is 38.3 Å². The van der Waals surface area contributed by atoms with E-state index in [1.165, 1.54) is 0 Å². The molecule has 1 rings (SSSR count). The van der Waals surface area contributed by atoms with Crippen molar-refractivity contribution in [3.8, 4) is 0 Å². The van der Waals surface area contributed by atoms with E-state index in [1.54, 1.807) is 6.92 Å². The number of primary amides is 1. The number of carbonyl (C=O) groups excluding carboxylic acids is 2. The Morgan fingerprint density at radius 3 is 1.95 bits per heavy atom. The average Bonchev–Trinajstić information content (AvgIpc) is 2.45. The van der Waals surface area contributed by atoms with Gasteiger partial charge in [0.25, 0.3) is 0 Å². The normalized spacial score (nSPS) is 9.65. The molecule has 0 unspecified atom stereocenters. The molecule has 0 saturated heterocycles.